The maximum Gasteiger partial charge on any atom is 0.410 e. The molecule has 214 valence electrons. The summed E-state index contributed by atoms with van der Waals surface area (Å²) >= 11 is 0. The molecule has 1 amide bonds. The molecule has 0 spiro atoms. The van der Waals surface area contributed by atoms with Crippen LogP contribution in [0.25, 0.3) is 11.1 Å². The Kier molecular flexibility index (Phi) is 8.01. The van der Waals surface area contributed by atoms with Crippen molar-refractivity contribution in [1.82, 2.24) is 14.9 Å². The third kappa shape index (κ3) is 6.52. The molecule has 2 heterocycles. The van der Waals surface area contributed by atoms with E-state index >= 15 is 0 Å². The van der Waals surface area contributed by atoms with Crippen LogP contribution >= 0.6 is 0 Å². The highest BCUT2D eigenvalue weighted by Crippen LogP contribution is 2.55. The van der Waals surface area contributed by atoms with Crippen molar-refractivity contribution in [2.24, 2.45) is 0 Å². The number of anilines is 1. The Bertz CT molecular complexity index is 1450. The van der Waals surface area contributed by atoms with Crippen LogP contribution in [0.5, 0.6) is 0 Å². The summed E-state index contributed by atoms with van der Waals surface area (Å²) in [4.78, 5) is 25.9. The minimum Gasteiger partial charge on any atom is -0.444 e. The van der Waals surface area contributed by atoms with Gasteiger partial charge in [-0.25, -0.2) is 14.8 Å². The fourth-order valence-electron chi connectivity index (χ4n) is 5.38. The summed E-state index contributed by atoms with van der Waals surface area (Å²) in [7, 11) is 1.76. The van der Waals surface area contributed by atoms with Gasteiger partial charge in [-0.1, -0.05) is 30.3 Å². The van der Waals surface area contributed by atoms with Gasteiger partial charge in [0.2, 0.25) is 0 Å². The molecule has 3 aromatic rings. The molecule has 2 fully saturated rings. The molecular formula is C33H39N5O3. The van der Waals surface area contributed by atoms with Crippen LogP contribution in [0.4, 0.5) is 10.6 Å². The number of carbonyl (C=O) groups is 1. The van der Waals surface area contributed by atoms with Crippen LogP contribution in [0.2, 0.25) is 0 Å². The number of carbonyl (C=O) groups excluding carboxylic acids is 1. The summed E-state index contributed by atoms with van der Waals surface area (Å²) < 4.78 is 11.0. The van der Waals surface area contributed by atoms with Gasteiger partial charge in [0.1, 0.15) is 17.2 Å². The fourth-order valence-corrected chi connectivity index (χ4v) is 5.38. The number of hydrogen-bond donors (Lipinski definition) is 0. The third-order valence-electron chi connectivity index (χ3n) is 7.77. The Morgan fingerprint density at radius 3 is 2.44 bits per heavy atom. The number of likely N-dealkylation sites (N-methyl/N-ethyl adjacent to an activating group) is 1. The van der Waals surface area contributed by atoms with Gasteiger partial charge in [-0.3, -0.25) is 0 Å². The van der Waals surface area contributed by atoms with Gasteiger partial charge >= 0.3 is 6.09 Å². The first-order valence-corrected chi connectivity index (χ1v) is 14.3. The molecule has 8 nitrogen and oxygen atoms in total. The third-order valence-corrected chi connectivity index (χ3v) is 7.77. The van der Waals surface area contributed by atoms with Crippen LogP contribution in [0.3, 0.4) is 0 Å². The van der Waals surface area contributed by atoms with E-state index in [1.165, 1.54) is 0 Å². The summed E-state index contributed by atoms with van der Waals surface area (Å²) in [6, 6.07) is 19.0. The summed E-state index contributed by atoms with van der Waals surface area (Å²) in [5.41, 5.74) is 5.40. The van der Waals surface area contributed by atoms with Crippen molar-refractivity contribution >= 4 is 11.9 Å². The number of ether oxygens (including phenoxy) is 2. The zero-order valence-corrected chi connectivity index (χ0v) is 24.7. The molecule has 1 aliphatic carbocycles. The van der Waals surface area contributed by atoms with Crippen molar-refractivity contribution < 1.29 is 14.3 Å². The van der Waals surface area contributed by atoms with E-state index in [2.05, 4.69) is 47.4 Å². The molecule has 8 heteroatoms. The lowest BCUT2D eigenvalue weighted by Crippen LogP contribution is -2.37. The first-order chi connectivity index (χ1) is 19.6. The molecular weight excluding hydrogens is 514 g/mol. The maximum atomic E-state index is 12.3. The number of hydrogen-bond acceptors (Lipinski definition) is 7. The number of nitrogens with zero attached hydrogens (tertiary/aromatic N) is 5. The lowest BCUT2D eigenvalue weighted by atomic mass is 9.84. The van der Waals surface area contributed by atoms with Gasteiger partial charge < -0.3 is 19.3 Å². The van der Waals surface area contributed by atoms with Gasteiger partial charge in [0.05, 0.1) is 30.5 Å². The van der Waals surface area contributed by atoms with Crippen LogP contribution in [0.15, 0.2) is 48.5 Å². The highest BCUT2D eigenvalue weighted by molar-refractivity contribution is 5.73. The van der Waals surface area contributed by atoms with Gasteiger partial charge in [0.25, 0.3) is 0 Å². The molecule has 0 N–H and O–H groups in total. The topological polar surface area (TPSA) is 91.6 Å². The van der Waals surface area contributed by atoms with E-state index in [9.17, 15) is 10.1 Å². The molecule has 1 aromatic heterocycles. The maximum absolute atomic E-state index is 12.3. The fraction of sp³-hybridized carbons (Fsp3) is 0.455. The van der Waals surface area contributed by atoms with Crippen LogP contribution in [0, 0.1) is 18.3 Å². The van der Waals surface area contributed by atoms with E-state index in [1.807, 2.05) is 39.8 Å². The van der Waals surface area contributed by atoms with Crippen molar-refractivity contribution in [1.29, 1.82) is 5.26 Å². The van der Waals surface area contributed by atoms with Crippen LogP contribution in [-0.2, 0) is 21.3 Å². The van der Waals surface area contributed by atoms with Gasteiger partial charge in [0, 0.05) is 38.2 Å². The van der Waals surface area contributed by atoms with Gasteiger partial charge in [-0.15, -0.1) is 0 Å². The van der Waals surface area contributed by atoms with Crippen LogP contribution in [0.1, 0.15) is 61.8 Å². The van der Waals surface area contributed by atoms with Crippen molar-refractivity contribution in [2.75, 3.05) is 44.8 Å². The van der Waals surface area contributed by atoms with Gasteiger partial charge in [-0.2, -0.15) is 5.26 Å². The summed E-state index contributed by atoms with van der Waals surface area (Å²) in [6.45, 7) is 11.2. The predicted octanol–water partition coefficient (Wildman–Crippen LogP) is 5.65. The molecule has 0 unspecified atom stereocenters. The van der Waals surface area contributed by atoms with E-state index in [0.29, 0.717) is 25.3 Å². The Balaban J connectivity index is 1.41. The number of aryl methyl sites for hydroxylation is 1. The second-order valence-corrected chi connectivity index (χ2v) is 12.1. The Morgan fingerprint density at radius 1 is 1.10 bits per heavy atom. The average Bonchev–Trinajstić information content (AvgIpc) is 3.77. The molecule has 0 bridgehead atoms. The van der Waals surface area contributed by atoms with Crippen molar-refractivity contribution in [2.45, 2.75) is 58.0 Å². The molecule has 0 radical (unpaired) electrons. The SMILES string of the molecule is Cc1nc(N2CCOCC2)cc(C2(c3cc(C#N)ccc3-c3ccc(CCN(C)C(=O)OC(C)(C)C)cc3)CC2)n1. The average molecular weight is 554 g/mol. The molecule has 0 atom stereocenters. The highest BCUT2D eigenvalue weighted by Gasteiger charge is 2.49. The van der Waals surface area contributed by atoms with E-state index in [1.54, 1.807) is 11.9 Å². The zero-order chi connectivity index (χ0) is 29.2. The number of amides is 1. The number of rotatable bonds is 7. The molecule has 1 saturated carbocycles. The molecule has 41 heavy (non-hydrogen) atoms. The monoisotopic (exact) mass is 553 g/mol. The smallest absolute Gasteiger partial charge is 0.410 e. The quantitative estimate of drug-likeness (QED) is 0.373. The summed E-state index contributed by atoms with van der Waals surface area (Å²) in [6.07, 6.45) is 2.36. The number of nitriles is 1. The van der Waals surface area contributed by atoms with Crippen LogP contribution < -0.4 is 4.90 Å². The second-order valence-electron chi connectivity index (χ2n) is 12.1. The number of morpholine rings is 1. The predicted molar refractivity (Wildman–Crippen MR) is 159 cm³/mol. The minimum atomic E-state index is -0.515. The summed E-state index contributed by atoms with van der Waals surface area (Å²) in [5.74, 6) is 1.70. The second kappa shape index (κ2) is 11.5. The van der Waals surface area contributed by atoms with E-state index in [0.717, 1.165) is 71.9 Å². The zero-order valence-electron chi connectivity index (χ0n) is 24.7. The minimum absolute atomic E-state index is 0.244. The van der Waals surface area contributed by atoms with Crippen molar-refractivity contribution in [3.8, 4) is 17.2 Å². The van der Waals surface area contributed by atoms with E-state index in [4.69, 9.17) is 19.4 Å². The Labute approximate surface area is 242 Å². The van der Waals surface area contributed by atoms with Gasteiger partial charge in [-0.05, 0) is 81.3 Å². The Hall–Kier alpha value is -3.96. The molecule has 2 aliphatic rings. The molecule has 1 saturated heterocycles. The van der Waals surface area contributed by atoms with Crippen LogP contribution in [-0.4, -0.2) is 66.5 Å². The lowest BCUT2D eigenvalue weighted by molar-refractivity contribution is 0.0300. The van der Waals surface area contributed by atoms with E-state index < -0.39 is 5.60 Å². The van der Waals surface area contributed by atoms with Crippen molar-refractivity contribution in [3.63, 3.8) is 0 Å². The highest BCUT2D eigenvalue weighted by atomic mass is 16.6. The summed E-state index contributed by atoms with van der Waals surface area (Å²) in [5, 5.41) is 9.75. The largest absolute Gasteiger partial charge is 0.444 e. The van der Waals surface area contributed by atoms with E-state index in [-0.39, 0.29) is 11.5 Å². The van der Waals surface area contributed by atoms with Gasteiger partial charge in [0.15, 0.2) is 0 Å². The first-order valence-electron chi connectivity index (χ1n) is 14.3. The molecule has 1 aliphatic heterocycles. The lowest BCUT2D eigenvalue weighted by Gasteiger charge is -2.29. The molecule has 2 aromatic carbocycles. The van der Waals surface area contributed by atoms with Crippen molar-refractivity contribution in [3.05, 3.63) is 76.7 Å². The number of benzene rings is 2. The number of aromatic nitrogens is 2. The standard InChI is InChI=1S/C33H39N5O3/c1-23-35-29(21-30(36-23)38-16-18-40-19-17-38)33(13-14-33)28-20-25(22-34)8-11-27(28)26-9-6-24(7-10-26)12-15-37(5)31(39)41-32(2,3)4/h6-11,20-21H,12-19H2,1-5H3. The normalized spacial score (nSPS) is 16.1. The first kappa shape index (κ1) is 28.6. The molecule has 5 rings (SSSR count). The Morgan fingerprint density at radius 2 is 1.80 bits per heavy atom.